The van der Waals surface area contributed by atoms with Crippen molar-refractivity contribution in [2.45, 2.75) is 6.04 Å². The average Bonchev–Trinajstić information content (AvgIpc) is 2.41. The Kier molecular flexibility index (Phi) is 3.41. The maximum atomic E-state index is 14.2. The van der Waals surface area contributed by atoms with Gasteiger partial charge in [0.25, 0.3) is 5.78 Å². The van der Waals surface area contributed by atoms with Gasteiger partial charge in [-0.05, 0) is 18.2 Å². The van der Waals surface area contributed by atoms with E-state index in [4.69, 9.17) is 23.4 Å². The van der Waals surface area contributed by atoms with Crippen LogP contribution in [0.3, 0.4) is 0 Å². The summed E-state index contributed by atoms with van der Waals surface area (Å²) in [6, 6.07) is 5.77. The van der Waals surface area contributed by atoms with Crippen molar-refractivity contribution in [3.63, 3.8) is 0 Å². The van der Waals surface area contributed by atoms with Crippen molar-refractivity contribution in [2.24, 2.45) is 0 Å². The number of Topliss-reactive ketones (excluding diaryl/α,β-unsaturated/α-hetero) is 1. The molecule has 1 heterocycles. The van der Waals surface area contributed by atoms with Crippen molar-refractivity contribution in [3.8, 4) is 6.07 Å². The molecule has 0 aliphatic rings. The van der Waals surface area contributed by atoms with E-state index in [-0.39, 0.29) is 16.2 Å². The van der Waals surface area contributed by atoms with Crippen LogP contribution in [0.2, 0.25) is 5.15 Å². The molecule has 0 radical (unpaired) electrons. The Morgan fingerprint density at radius 1 is 1.47 bits per heavy atom. The number of hydrogen-bond acceptors (Lipinski definition) is 3. The molecule has 1 atom stereocenters. The normalized spacial score (nSPS) is 11.6. The zero-order valence-corrected chi connectivity index (χ0v) is 10.1. The molecule has 2 aromatic rings. The Morgan fingerprint density at radius 2 is 2.16 bits per heavy atom. The summed E-state index contributed by atoms with van der Waals surface area (Å²) in [5.74, 6) is -1.74. The monoisotopic (exact) mass is 273 g/mol. The smallest absolute Gasteiger partial charge is 0.288 e. The molecule has 0 spiro atoms. The van der Waals surface area contributed by atoms with E-state index in [2.05, 4.69) is 9.83 Å². The fourth-order valence-corrected chi connectivity index (χ4v) is 1.76. The Hall–Kier alpha value is -2.50. The lowest BCUT2D eigenvalue weighted by molar-refractivity contribution is 0.0988. The molecule has 0 N–H and O–H groups in total. The molecule has 1 unspecified atom stereocenters. The van der Waals surface area contributed by atoms with Crippen LogP contribution in [0.5, 0.6) is 0 Å². The third kappa shape index (κ3) is 2.24. The van der Waals surface area contributed by atoms with Crippen LogP contribution in [-0.4, -0.2) is 16.8 Å². The number of carbonyl (C=O) groups is 1. The fourth-order valence-electron chi connectivity index (χ4n) is 1.61. The first-order chi connectivity index (χ1) is 9.08. The molecule has 0 fully saturated rings. The first-order valence-electron chi connectivity index (χ1n) is 5.13. The Balaban J connectivity index is 2.64. The van der Waals surface area contributed by atoms with Gasteiger partial charge in [0.1, 0.15) is 10.7 Å². The number of aromatic nitrogens is 1. The lowest BCUT2D eigenvalue weighted by Crippen LogP contribution is -2.16. The van der Waals surface area contributed by atoms with E-state index < -0.39 is 17.6 Å². The van der Waals surface area contributed by atoms with Crippen molar-refractivity contribution >= 4 is 28.3 Å². The van der Waals surface area contributed by atoms with E-state index in [9.17, 15) is 9.18 Å². The van der Waals surface area contributed by atoms with Gasteiger partial charge in [-0.3, -0.25) is 9.64 Å². The van der Waals surface area contributed by atoms with Crippen molar-refractivity contribution in [1.29, 1.82) is 5.26 Å². The molecule has 0 saturated heterocycles. The Labute approximate surface area is 112 Å². The molecule has 0 bridgehead atoms. The van der Waals surface area contributed by atoms with Crippen LogP contribution in [0.4, 0.5) is 4.39 Å². The quantitative estimate of drug-likeness (QED) is 0.480. The number of benzene rings is 1. The summed E-state index contributed by atoms with van der Waals surface area (Å²) in [6.07, 6.45) is 0. The zero-order valence-electron chi connectivity index (χ0n) is 9.39. The number of ketones is 1. The van der Waals surface area contributed by atoms with Crippen LogP contribution in [0.25, 0.3) is 15.7 Å². The predicted molar refractivity (Wildman–Crippen MR) is 67.0 cm³/mol. The molecule has 6 heteroatoms. The Morgan fingerprint density at radius 3 is 2.79 bits per heavy atom. The maximum Gasteiger partial charge on any atom is 0.368 e. The molecule has 1 aromatic heterocycles. The maximum absolute atomic E-state index is 14.2. The molecule has 19 heavy (non-hydrogen) atoms. The number of carbonyl (C=O) groups excluding carboxylic acids is 1. The topological polar surface area (TPSA) is 58.1 Å². The second kappa shape index (κ2) is 5.01. The molecular formula is C13H5ClFN3O. The van der Waals surface area contributed by atoms with Gasteiger partial charge in [-0.1, -0.05) is 17.7 Å². The van der Waals surface area contributed by atoms with Crippen LogP contribution in [0, 0.1) is 23.7 Å². The highest BCUT2D eigenvalue weighted by Gasteiger charge is 2.28. The molecule has 0 aliphatic heterocycles. The van der Waals surface area contributed by atoms with Gasteiger partial charge in [-0.25, -0.2) is 15.9 Å². The second-order valence-corrected chi connectivity index (χ2v) is 4.05. The number of hydrogen-bond donors (Lipinski definition) is 0. The van der Waals surface area contributed by atoms with Crippen molar-refractivity contribution in [3.05, 3.63) is 52.2 Å². The molecule has 92 valence electrons. The zero-order chi connectivity index (χ0) is 14.0. The van der Waals surface area contributed by atoms with Crippen molar-refractivity contribution in [2.75, 3.05) is 0 Å². The lowest BCUT2D eigenvalue weighted by atomic mass is 10.0. The minimum atomic E-state index is -1.55. The molecule has 0 aliphatic carbocycles. The van der Waals surface area contributed by atoms with Gasteiger partial charge < -0.3 is 0 Å². The number of halogens is 2. The van der Waals surface area contributed by atoms with Gasteiger partial charge >= 0.3 is 6.04 Å². The van der Waals surface area contributed by atoms with Gasteiger partial charge in [0.2, 0.25) is 0 Å². The van der Waals surface area contributed by atoms with E-state index in [1.54, 1.807) is 6.07 Å². The van der Waals surface area contributed by atoms with E-state index in [0.717, 1.165) is 0 Å². The minimum Gasteiger partial charge on any atom is -0.288 e. The van der Waals surface area contributed by atoms with E-state index in [1.165, 1.54) is 24.3 Å². The van der Waals surface area contributed by atoms with Gasteiger partial charge in [-0.2, -0.15) is 5.26 Å². The lowest BCUT2D eigenvalue weighted by Gasteiger charge is -2.04. The third-order valence-electron chi connectivity index (χ3n) is 2.53. The summed E-state index contributed by atoms with van der Waals surface area (Å²) in [6.45, 7) is 6.73. The molecule has 4 nitrogen and oxygen atoms in total. The van der Waals surface area contributed by atoms with Crippen LogP contribution in [0.1, 0.15) is 10.4 Å². The largest absolute Gasteiger partial charge is 0.368 e. The highest BCUT2D eigenvalue weighted by atomic mass is 35.5. The van der Waals surface area contributed by atoms with E-state index in [0.29, 0.717) is 5.39 Å². The summed E-state index contributed by atoms with van der Waals surface area (Å²) in [5, 5.41) is 9.24. The fraction of sp³-hybridized carbons (Fsp3) is 0.0769. The molecular weight excluding hydrogens is 269 g/mol. The van der Waals surface area contributed by atoms with Crippen LogP contribution >= 0.6 is 11.6 Å². The third-order valence-corrected chi connectivity index (χ3v) is 2.74. The summed E-state index contributed by atoms with van der Waals surface area (Å²) in [5.41, 5.74) is -0.384. The molecule has 0 saturated carbocycles. The highest BCUT2D eigenvalue weighted by molar-refractivity contribution is 6.29. The highest BCUT2D eigenvalue weighted by Crippen LogP contribution is 2.22. The van der Waals surface area contributed by atoms with Crippen LogP contribution < -0.4 is 0 Å². The van der Waals surface area contributed by atoms with E-state index >= 15 is 0 Å². The van der Waals surface area contributed by atoms with Gasteiger partial charge in [0.15, 0.2) is 11.9 Å². The predicted octanol–water partition coefficient (Wildman–Crippen LogP) is 3.02. The van der Waals surface area contributed by atoms with Gasteiger partial charge in [0, 0.05) is 5.39 Å². The molecule has 0 amide bonds. The summed E-state index contributed by atoms with van der Waals surface area (Å²) in [7, 11) is 0. The first-order valence-corrected chi connectivity index (χ1v) is 5.51. The number of pyridine rings is 1. The number of nitriles is 1. The minimum absolute atomic E-state index is 0.0555. The summed E-state index contributed by atoms with van der Waals surface area (Å²) in [4.78, 5) is 18.5. The van der Waals surface area contributed by atoms with Crippen molar-refractivity contribution < 1.29 is 9.18 Å². The standard InChI is InChI=1S/C13H5ClFN3O/c1-17-9(6-16)13(19)8-4-2-7-3-5-10(14)18-12(7)11(8)15/h2-5,9H. The van der Waals surface area contributed by atoms with Crippen LogP contribution in [0.15, 0.2) is 24.3 Å². The van der Waals surface area contributed by atoms with E-state index in [1.807, 2.05) is 0 Å². The summed E-state index contributed by atoms with van der Waals surface area (Å²) < 4.78 is 14.2. The molecule has 1 aromatic carbocycles. The molecule has 2 rings (SSSR count). The number of nitrogens with zero attached hydrogens (tertiary/aromatic N) is 3. The second-order valence-electron chi connectivity index (χ2n) is 3.66. The number of fused-ring (bicyclic) bond motifs is 1. The van der Waals surface area contributed by atoms with Crippen LogP contribution in [-0.2, 0) is 0 Å². The van der Waals surface area contributed by atoms with Gasteiger partial charge in [0.05, 0.1) is 5.56 Å². The number of rotatable bonds is 2. The van der Waals surface area contributed by atoms with Gasteiger partial charge in [-0.15, -0.1) is 0 Å². The summed E-state index contributed by atoms with van der Waals surface area (Å²) >= 11 is 5.68. The van der Waals surface area contributed by atoms with Crippen molar-refractivity contribution in [1.82, 2.24) is 4.98 Å². The Bertz CT molecular complexity index is 747. The average molecular weight is 274 g/mol. The SMILES string of the molecule is [C-]#[N+]C(C#N)C(=O)c1ccc2ccc(Cl)nc2c1F. The first kappa shape index (κ1) is 12.9.